The molecule has 1 aliphatic rings. The molecule has 0 aromatic carbocycles. The zero-order valence-corrected chi connectivity index (χ0v) is 8.37. The third-order valence-corrected chi connectivity index (χ3v) is 2.57. The molecule has 0 saturated carbocycles. The topological polar surface area (TPSA) is 51.6 Å². The van der Waals surface area contributed by atoms with Crippen molar-refractivity contribution in [2.75, 3.05) is 13.2 Å². The fourth-order valence-electron chi connectivity index (χ4n) is 1.13. The van der Waals surface area contributed by atoms with Gasteiger partial charge in [-0.2, -0.15) is 0 Å². The van der Waals surface area contributed by atoms with Gasteiger partial charge in [-0.05, 0) is 15.9 Å². The van der Waals surface area contributed by atoms with Crippen molar-refractivity contribution in [2.24, 2.45) is 0 Å². The minimum Gasteiger partial charge on any atom is -0.485 e. The second-order valence-electron chi connectivity index (χ2n) is 2.57. The van der Waals surface area contributed by atoms with Crippen LogP contribution in [0.2, 0.25) is 0 Å². The number of pyridine rings is 1. The first-order valence-electron chi connectivity index (χ1n) is 3.86. The fourth-order valence-corrected chi connectivity index (χ4v) is 1.67. The monoisotopic (exact) mass is 245 g/mol. The number of aliphatic hydroxyl groups excluding tert-OH is 1. The summed E-state index contributed by atoms with van der Waals surface area (Å²) in [7, 11) is 0. The van der Waals surface area contributed by atoms with Gasteiger partial charge in [0.05, 0.1) is 23.0 Å². The molecule has 0 saturated heterocycles. The highest BCUT2D eigenvalue weighted by Crippen LogP contribution is 2.38. The first-order chi connectivity index (χ1) is 6.33. The molecule has 2 rings (SSSR count). The Balaban J connectivity index is 2.48. The van der Waals surface area contributed by atoms with E-state index in [-0.39, 0.29) is 6.61 Å². The van der Waals surface area contributed by atoms with Crippen molar-refractivity contribution in [3.63, 3.8) is 0 Å². The van der Waals surface area contributed by atoms with Gasteiger partial charge in [0, 0.05) is 0 Å². The molecule has 1 aromatic heterocycles. The summed E-state index contributed by atoms with van der Waals surface area (Å²) in [5.74, 6) is 1.25. The number of halogens is 1. The summed E-state index contributed by atoms with van der Waals surface area (Å²) >= 11 is 3.30. The molecule has 1 aliphatic heterocycles. The van der Waals surface area contributed by atoms with Crippen molar-refractivity contribution < 1.29 is 14.6 Å². The van der Waals surface area contributed by atoms with Crippen LogP contribution >= 0.6 is 15.9 Å². The number of rotatable bonds is 1. The third-order valence-electron chi connectivity index (χ3n) is 1.75. The second-order valence-corrected chi connectivity index (χ2v) is 3.36. The van der Waals surface area contributed by atoms with Crippen molar-refractivity contribution in [1.82, 2.24) is 4.98 Å². The van der Waals surface area contributed by atoms with Crippen molar-refractivity contribution >= 4 is 15.9 Å². The Morgan fingerprint density at radius 2 is 2.23 bits per heavy atom. The molecular weight excluding hydrogens is 238 g/mol. The Hall–Kier alpha value is -0.810. The van der Waals surface area contributed by atoms with Crippen molar-refractivity contribution in [3.8, 4) is 11.5 Å². The number of nitrogens with zero attached hydrogens (tertiary/aromatic N) is 1. The van der Waals surface area contributed by atoms with Crippen LogP contribution in [-0.4, -0.2) is 23.3 Å². The summed E-state index contributed by atoms with van der Waals surface area (Å²) in [5.41, 5.74) is 0.559. The van der Waals surface area contributed by atoms with Crippen LogP contribution < -0.4 is 9.47 Å². The second kappa shape index (κ2) is 3.51. The van der Waals surface area contributed by atoms with Gasteiger partial charge in [0.2, 0.25) is 0 Å². The van der Waals surface area contributed by atoms with Gasteiger partial charge in [-0.1, -0.05) is 0 Å². The van der Waals surface area contributed by atoms with E-state index >= 15 is 0 Å². The van der Waals surface area contributed by atoms with Crippen molar-refractivity contribution in [1.29, 1.82) is 0 Å². The molecule has 70 valence electrons. The molecule has 0 fully saturated rings. The van der Waals surface area contributed by atoms with Gasteiger partial charge in [0.1, 0.15) is 13.2 Å². The zero-order valence-electron chi connectivity index (χ0n) is 6.79. The van der Waals surface area contributed by atoms with Gasteiger partial charge < -0.3 is 14.6 Å². The van der Waals surface area contributed by atoms with E-state index in [1.54, 1.807) is 6.20 Å². The Kier molecular flexibility index (Phi) is 2.37. The molecule has 0 aliphatic carbocycles. The molecule has 5 heteroatoms. The Morgan fingerprint density at radius 1 is 1.46 bits per heavy atom. The molecule has 1 aromatic rings. The molecule has 0 bridgehead atoms. The normalized spacial score (nSPS) is 14.3. The molecule has 4 nitrogen and oxygen atoms in total. The van der Waals surface area contributed by atoms with Crippen LogP contribution in [0.4, 0.5) is 0 Å². The van der Waals surface area contributed by atoms with E-state index in [1.807, 2.05) is 0 Å². The third kappa shape index (κ3) is 1.49. The van der Waals surface area contributed by atoms with Crippen LogP contribution in [0.3, 0.4) is 0 Å². The van der Waals surface area contributed by atoms with Crippen molar-refractivity contribution in [2.45, 2.75) is 6.61 Å². The highest BCUT2D eigenvalue weighted by molar-refractivity contribution is 9.10. The lowest BCUT2D eigenvalue weighted by Crippen LogP contribution is -2.16. The summed E-state index contributed by atoms with van der Waals surface area (Å²) in [6.45, 7) is 0.956. The summed E-state index contributed by atoms with van der Waals surface area (Å²) in [4.78, 5) is 4.01. The molecule has 0 spiro atoms. The van der Waals surface area contributed by atoms with E-state index in [0.29, 0.717) is 34.9 Å². The van der Waals surface area contributed by atoms with Gasteiger partial charge in [0.15, 0.2) is 11.5 Å². The number of aromatic nitrogens is 1. The van der Waals surface area contributed by atoms with Crippen LogP contribution in [0.25, 0.3) is 0 Å². The van der Waals surface area contributed by atoms with Crippen LogP contribution in [0.1, 0.15) is 5.69 Å². The number of fused-ring (bicyclic) bond motifs is 1. The number of aliphatic hydroxyl groups is 1. The molecule has 13 heavy (non-hydrogen) atoms. The van der Waals surface area contributed by atoms with E-state index in [9.17, 15) is 0 Å². The molecular formula is C8H8BrNO3. The number of ether oxygens (including phenoxy) is 2. The Morgan fingerprint density at radius 3 is 3.00 bits per heavy atom. The number of hydrogen-bond donors (Lipinski definition) is 1. The van der Waals surface area contributed by atoms with Gasteiger partial charge in [-0.25, -0.2) is 0 Å². The summed E-state index contributed by atoms with van der Waals surface area (Å²) < 4.78 is 11.4. The van der Waals surface area contributed by atoms with E-state index in [4.69, 9.17) is 14.6 Å². The predicted molar refractivity (Wildman–Crippen MR) is 48.8 cm³/mol. The highest BCUT2D eigenvalue weighted by atomic mass is 79.9. The molecule has 0 unspecified atom stereocenters. The Labute approximate surface area is 83.6 Å². The summed E-state index contributed by atoms with van der Waals surface area (Å²) in [5, 5.41) is 8.93. The maximum atomic E-state index is 8.93. The Bertz CT molecular complexity index is 329. The lowest BCUT2D eigenvalue weighted by atomic mass is 10.3. The standard InChI is InChI=1S/C8H8BrNO3/c9-7-5(4-11)10-3-6-8(7)13-2-1-12-6/h3,11H,1-2,4H2. The van der Waals surface area contributed by atoms with Gasteiger partial charge in [-0.3, -0.25) is 4.98 Å². The first-order valence-corrected chi connectivity index (χ1v) is 4.66. The molecule has 2 heterocycles. The lowest BCUT2D eigenvalue weighted by Gasteiger charge is -2.19. The fraction of sp³-hybridized carbons (Fsp3) is 0.375. The van der Waals surface area contributed by atoms with Gasteiger partial charge in [-0.15, -0.1) is 0 Å². The van der Waals surface area contributed by atoms with E-state index in [0.717, 1.165) is 0 Å². The maximum Gasteiger partial charge on any atom is 0.180 e. The lowest BCUT2D eigenvalue weighted by molar-refractivity contribution is 0.168. The zero-order chi connectivity index (χ0) is 9.26. The van der Waals surface area contributed by atoms with Crippen LogP contribution in [0, 0.1) is 0 Å². The minimum absolute atomic E-state index is 0.114. The smallest absolute Gasteiger partial charge is 0.180 e. The molecule has 0 amide bonds. The van der Waals surface area contributed by atoms with Crippen LogP contribution in [0.15, 0.2) is 10.7 Å². The van der Waals surface area contributed by atoms with E-state index < -0.39 is 0 Å². The summed E-state index contributed by atoms with van der Waals surface area (Å²) in [6, 6.07) is 0. The van der Waals surface area contributed by atoms with E-state index in [1.165, 1.54) is 0 Å². The van der Waals surface area contributed by atoms with E-state index in [2.05, 4.69) is 20.9 Å². The summed E-state index contributed by atoms with van der Waals surface area (Å²) in [6.07, 6.45) is 1.56. The quantitative estimate of drug-likeness (QED) is 0.806. The maximum absolute atomic E-state index is 8.93. The predicted octanol–water partition coefficient (Wildman–Crippen LogP) is 1.11. The molecule has 0 radical (unpaired) electrons. The SMILES string of the molecule is OCc1ncc2c(c1Br)OCCO2. The molecule has 0 atom stereocenters. The largest absolute Gasteiger partial charge is 0.485 e. The first kappa shape index (κ1) is 8.77. The number of hydrogen-bond acceptors (Lipinski definition) is 4. The van der Waals surface area contributed by atoms with Crippen LogP contribution in [-0.2, 0) is 6.61 Å². The molecule has 1 N–H and O–H groups in total. The average Bonchev–Trinajstić information content (AvgIpc) is 2.19. The van der Waals surface area contributed by atoms with Gasteiger partial charge in [0.25, 0.3) is 0 Å². The minimum atomic E-state index is -0.114. The van der Waals surface area contributed by atoms with Gasteiger partial charge >= 0.3 is 0 Å². The average molecular weight is 246 g/mol. The van der Waals surface area contributed by atoms with Crippen LogP contribution in [0.5, 0.6) is 11.5 Å². The van der Waals surface area contributed by atoms with Crippen molar-refractivity contribution in [3.05, 3.63) is 16.4 Å². The highest BCUT2D eigenvalue weighted by Gasteiger charge is 2.18.